The fraction of sp³-hybridized carbons (Fsp3) is 1.00. The third-order valence-electron chi connectivity index (χ3n) is 0.574. The van der Waals surface area contributed by atoms with Gasteiger partial charge in [0.25, 0.3) is 0 Å². The largest absolute Gasteiger partial charge is 0.368 e. The van der Waals surface area contributed by atoms with E-state index < -0.39 is 6.29 Å². The van der Waals surface area contributed by atoms with E-state index in [1.165, 1.54) is 0 Å². The van der Waals surface area contributed by atoms with E-state index in [0.29, 0.717) is 6.73 Å². The van der Waals surface area contributed by atoms with Crippen molar-refractivity contribution in [2.45, 2.75) is 13.2 Å². The van der Waals surface area contributed by atoms with Crippen molar-refractivity contribution < 1.29 is 9.84 Å². The van der Waals surface area contributed by atoms with Gasteiger partial charge < -0.3 is 9.84 Å². The first-order valence-electron chi connectivity index (χ1n) is 2.57. The maximum Gasteiger partial charge on any atom is 0.153 e. The lowest BCUT2D eigenvalue weighted by atomic mass is 10.8. The molecule has 1 N–H and O–H groups in total. The summed E-state index contributed by atoms with van der Waals surface area (Å²) in [4.78, 5) is 1.84. The maximum atomic E-state index is 8.55. The van der Waals surface area contributed by atoms with Crippen LogP contribution in [-0.4, -0.2) is 37.1 Å². The highest BCUT2D eigenvalue weighted by Gasteiger charge is 1.93. The minimum atomic E-state index is -0.655. The lowest BCUT2D eigenvalue weighted by Crippen LogP contribution is -2.20. The Balaban J connectivity index is 2.93. The highest BCUT2D eigenvalue weighted by molar-refractivity contribution is 4.26. The molecule has 0 amide bonds. The molecule has 8 heavy (non-hydrogen) atoms. The summed E-state index contributed by atoms with van der Waals surface area (Å²) in [6.07, 6.45) is -0.655. The molecule has 0 aliphatic rings. The van der Waals surface area contributed by atoms with Crippen molar-refractivity contribution in [3.63, 3.8) is 0 Å². The normalized spacial score (nSPS) is 14.6. The summed E-state index contributed by atoms with van der Waals surface area (Å²) in [6, 6.07) is 0. The van der Waals surface area contributed by atoms with E-state index in [4.69, 9.17) is 9.84 Å². The zero-order valence-corrected chi connectivity index (χ0v) is 5.59. The third kappa shape index (κ3) is 5.88. The van der Waals surface area contributed by atoms with E-state index in [2.05, 4.69) is 0 Å². The molecule has 0 aromatic rings. The molecule has 1 atom stereocenters. The summed E-state index contributed by atoms with van der Waals surface area (Å²) >= 11 is 0. The number of hydrogen-bond acceptors (Lipinski definition) is 3. The summed E-state index contributed by atoms with van der Waals surface area (Å²) in [7, 11) is 3.75. The van der Waals surface area contributed by atoms with Crippen LogP contribution in [0.5, 0.6) is 0 Å². The van der Waals surface area contributed by atoms with E-state index in [-0.39, 0.29) is 0 Å². The fourth-order valence-electron chi connectivity index (χ4n) is 0.257. The molecular weight excluding hydrogens is 106 g/mol. The molecule has 0 rings (SSSR count). The van der Waals surface area contributed by atoms with Gasteiger partial charge in [-0.3, -0.25) is 4.90 Å². The zero-order valence-electron chi connectivity index (χ0n) is 5.59. The second-order valence-corrected chi connectivity index (χ2v) is 1.97. The summed E-state index contributed by atoms with van der Waals surface area (Å²) in [6.45, 7) is 2.06. The van der Waals surface area contributed by atoms with Crippen LogP contribution in [0.4, 0.5) is 0 Å². The Morgan fingerprint density at radius 1 is 1.62 bits per heavy atom. The van der Waals surface area contributed by atoms with Crippen molar-refractivity contribution in [1.29, 1.82) is 0 Å². The minimum Gasteiger partial charge on any atom is -0.368 e. The molecule has 0 aromatic carbocycles. The standard InChI is InChI=1S/C5H13NO2/c1-5(7)8-4-6(2)3/h5,7H,4H2,1-3H3. The molecule has 0 bridgehead atoms. The first kappa shape index (κ1) is 7.88. The second kappa shape index (κ2) is 3.83. The average Bonchev–Trinajstić information content (AvgIpc) is 1.61. The number of nitrogens with zero attached hydrogens (tertiary/aromatic N) is 1. The van der Waals surface area contributed by atoms with Gasteiger partial charge in [0, 0.05) is 0 Å². The molecule has 50 valence electrons. The summed E-state index contributed by atoms with van der Waals surface area (Å²) in [5, 5.41) is 8.55. The first-order valence-corrected chi connectivity index (χ1v) is 2.57. The Morgan fingerprint density at radius 3 is 2.25 bits per heavy atom. The van der Waals surface area contributed by atoms with Crippen LogP contribution >= 0.6 is 0 Å². The quantitative estimate of drug-likeness (QED) is 0.525. The highest BCUT2D eigenvalue weighted by Crippen LogP contribution is 1.83. The number of ether oxygens (including phenoxy) is 1. The minimum absolute atomic E-state index is 0.470. The molecule has 0 heterocycles. The van der Waals surface area contributed by atoms with Crippen LogP contribution in [0.15, 0.2) is 0 Å². The molecule has 3 heteroatoms. The van der Waals surface area contributed by atoms with Crippen LogP contribution in [0.1, 0.15) is 6.92 Å². The van der Waals surface area contributed by atoms with Crippen LogP contribution in [0.3, 0.4) is 0 Å². The van der Waals surface area contributed by atoms with Gasteiger partial charge in [0.15, 0.2) is 6.29 Å². The van der Waals surface area contributed by atoms with E-state index in [1.807, 2.05) is 19.0 Å². The number of aliphatic hydroxyl groups is 1. The number of hydrogen-bond donors (Lipinski definition) is 1. The van der Waals surface area contributed by atoms with Crippen LogP contribution < -0.4 is 0 Å². The van der Waals surface area contributed by atoms with Crippen molar-refractivity contribution in [3.8, 4) is 0 Å². The Hall–Kier alpha value is -0.120. The molecule has 0 saturated heterocycles. The van der Waals surface area contributed by atoms with Gasteiger partial charge in [0.05, 0.1) is 0 Å². The van der Waals surface area contributed by atoms with Crippen LogP contribution in [0.2, 0.25) is 0 Å². The molecular formula is C5H13NO2. The molecule has 0 aliphatic carbocycles. The molecule has 1 unspecified atom stereocenters. The molecule has 0 saturated carbocycles. The Morgan fingerprint density at radius 2 is 2.12 bits per heavy atom. The van der Waals surface area contributed by atoms with Gasteiger partial charge in [-0.2, -0.15) is 0 Å². The molecule has 3 nitrogen and oxygen atoms in total. The van der Waals surface area contributed by atoms with E-state index >= 15 is 0 Å². The summed E-state index contributed by atoms with van der Waals surface area (Å²) < 4.78 is 4.78. The third-order valence-corrected chi connectivity index (χ3v) is 0.574. The molecule has 0 spiro atoms. The average molecular weight is 119 g/mol. The van der Waals surface area contributed by atoms with Crippen LogP contribution in [-0.2, 0) is 4.74 Å². The van der Waals surface area contributed by atoms with Gasteiger partial charge in [-0.15, -0.1) is 0 Å². The van der Waals surface area contributed by atoms with Crippen molar-refractivity contribution in [3.05, 3.63) is 0 Å². The van der Waals surface area contributed by atoms with Gasteiger partial charge in [0.2, 0.25) is 0 Å². The second-order valence-electron chi connectivity index (χ2n) is 1.97. The van der Waals surface area contributed by atoms with E-state index in [9.17, 15) is 0 Å². The highest BCUT2D eigenvalue weighted by atomic mass is 16.6. The van der Waals surface area contributed by atoms with Crippen LogP contribution in [0.25, 0.3) is 0 Å². The molecule has 0 aliphatic heterocycles. The Labute approximate surface area is 49.9 Å². The lowest BCUT2D eigenvalue weighted by Gasteiger charge is -2.11. The van der Waals surface area contributed by atoms with E-state index in [0.717, 1.165) is 0 Å². The van der Waals surface area contributed by atoms with Crippen molar-refractivity contribution >= 4 is 0 Å². The molecule has 0 fully saturated rings. The van der Waals surface area contributed by atoms with Crippen molar-refractivity contribution in [1.82, 2.24) is 4.90 Å². The van der Waals surface area contributed by atoms with Gasteiger partial charge in [-0.05, 0) is 21.0 Å². The van der Waals surface area contributed by atoms with Gasteiger partial charge in [-0.1, -0.05) is 0 Å². The smallest absolute Gasteiger partial charge is 0.153 e. The summed E-state index contributed by atoms with van der Waals surface area (Å²) in [5.41, 5.74) is 0. The molecule has 0 radical (unpaired) electrons. The summed E-state index contributed by atoms with van der Waals surface area (Å²) in [5.74, 6) is 0. The monoisotopic (exact) mass is 119 g/mol. The number of rotatable bonds is 3. The topological polar surface area (TPSA) is 32.7 Å². The van der Waals surface area contributed by atoms with E-state index in [1.54, 1.807) is 6.92 Å². The zero-order chi connectivity index (χ0) is 6.57. The first-order chi connectivity index (χ1) is 3.63. The predicted molar refractivity (Wildman–Crippen MR) is 31.3 cm³/mol. The predicted octanol–water partition coefficient (Wildman–Crippen LogP) is -0.140. The fourth-order valence-corrected chi connectivity index (χ4v) is 0.257. The van der Waals surface area contributed by atoms with Crippen LogP contribution in [0, 0.1) is 0 Å². The lowest BCUT2D eigenvalue weighted by molar-refractivity contribution is -0.113. The van der Waals surface area contributed by atoms with Crippen molar-refractivity contribution in [2.75, 3.05) is 20.8 Å². The maximum absolute atomic E-state index is 8.55. The van der Waals surface area contributed by atoms with Gasteiger partial charge >= 0.3 is 0 Å². The Bertz CT molecular complexity index is 46.4. The Kier molecular flexibility index (Phi) is 3.77. The SMILES string of the molecule is CC(O)OCN(C)C. The van der Waals surface area contributed by atoms with Crippen molar-refractivity contribution in [2.24, 2.45) is 0 Å². The number of aliphatic hydroxyl groups excluding tert-OH is 1. The molecule has 0 aromatic heterocycles. The van der Waals surface area contributed by atoms with Gasteiger partial charge in [0.1, 0.15) is 6.73 Å². The van der Waals surface area contributed by atoms with Gasteiger partial charge in [-0.25, -0.2) is 0 Å².